The zero-order chi connectivity index (χ0) is 13.0. The van der Waals surface area contributed by atoms with Crippen LogP contribution in [-0.2, 0) is 11.8 Å². The molecule has 1 aromatic heterocycles. The molecule has 4 nitrogen and oxygen atoms in total. The van der Waals surface area contributed by atoms with Crippen molar-refractivity contribution >= 4 is 12.0 Å². The Morgan fingerprint density at radius 1 is 1.56 bits per heavy atom. The zero-order valence-electron chi connectivity index (χ0n) is 11.2. The molecular formula is C14H21N3O. The molecule has 0 spiro atoms. The average molecular weight is 247 g/mol. The van der Waals surface area contributed by atoms with E-state index in [0.717, 1.165) is 31.4 Å². The third kappa shape index (κ3) is 3.00. The second kappa shape index (κ2) is 5.85. The first-order valence-electron chi connectivity index (χ1n) is 6.68. The molecular weight excluding hydrogens is 226 g/mol. The van der Waals surface area contributed by atoms with Crippen molar-refractivity contribution in [3.05, 3.63) is 24.0 Å². The van der Waals surface area contributed by atoms with Gasteiger partial charge in [0.15, 0.2) is 0 Å². The molecule has 0 bridgehead atoms. The van der Waals surface area contributed by atoms with E-state index >= 15 is 0 Å². The Balaban J connectivity index is 2.00. The molecule has 0 aromatic carbocycles. The number of aryl methyl sites for hydroxylation is 1. The maximum atomic E-state index is 12.2. The van der Waals surface area contributed by atoms with Crippen LogP contribution in [0.3, 0.4) is 0 Å². The minimum atomic E-state index is 0.130. The SMILES string of the molecule is CC[C@@H]1CCCCN1C(=O)/C=C/c1cnn(C)c1. The highest BCUT2D eigenvalue weighted by atomic mass is 16.2. The van der Waals surface area contributed by atoms with Gasteiger partial charge in [0.25, 0.3) is 0 Å². The maximum Gasteiger partial charge on any atom is 0.246 e. The summed E-state index contributed by atoms with van der Waals surface area (Å²) in [4.78, 5) is 14.2. The van der Waals surface area contributed by atoms with E-state index in [2.05, 4.69) is 12.0 Å². The van der Waals surface area contributed by atoms with Gasteiger partial charge in [-0.2, -0.15) is 5.10 Å². The number of likely N-dealkylation sites (tertiary alicyclic amines) is 1. The smallest absolute Gasteiger partial charge is 0.246 e. The Morgan fingerprint density at radius 2 is 2.39 bits per heavy atom. The van der Waals surface area contributed by atoms with E-state index in [0.29, 0.717) is 6.04 Å². The summed E-state index contributed by atoms with van der Waals surface area (Å²) in [5.41, 5.74) is 0.968. The second-order valence-electron chi connectivity index (χ2n) is 4.87. The molecule has 98 valence electrons. The maximum absolute atomic E-state index is 12.2. The van der Waals surface area contributed by atoms with Crippen LogP contribution in [0.25, 0.3) is 6.08 Å². The number of piperidine rings is 1. The lowest BCUT2D eigenvalue weighted by Crippen LogP contribution is -2.42. The summed E-state index contributed by atoms with van der Waals surface area (Å²) in [5, 5.41) is 4.08. The van der Waals surface area contributed by atoms with Crippen LogP contribution in [0.4, 0.5) is 0 Å². The molecule has 0 unspecified atom stereocenters. The molecule has 1 amide bonds. The van der Waals surface area contributed by atoms with Gasteiger partial charge in [0.1, 0.15) is 0 Å². The highest BCUT2D eigenvalue weighted by Crippen LogP contribution is 2.19. The quantitative estimate of drug-likeness (QED) is 0.768. The van der Waals surface area contributed by atoms with Crippen LogP contribution in [0.1, 0.15) is 38.2 Å². The Morgan fingerprint density at radius 3 is 3.06 bits per heavy atom. The van der Waals surface area contributed by atoms with Crippen LogP contribution in [-0.4, -0.2) is 33.2 Å². The van der Waals surface area contributed by atoms with Crippen LogP contribution in [0.5, 0.6) is 0 Å². The van der Waals surface area contributed by atoms with Crippen molar-refractivity contribution in [2.45, 2.75) is 38.6 Å². The number of aromatic nitrogens is 2. The van der Waals surface area contributed by atoms with Crippen LogP contribution in [0, 0.1) is 0 Å². The molecule has 2 rings (SSSR count). The van der Waals surface area contributed by atoms with Crippen molar-refractivity contribution in [1.29, 1.82) is 0 Å². The van der Waals surface area contributed by atoms with Gasteiger partial charge in [0.05, 0.1) is 6.20 Å². The van der Waals surface area contributed by atoms with Crippen molar-refractivity contribution in [2.24, 2.45) is 7.05 Å². The van der Waals surface area contributed by atoms with Gasteiger partial charge in [-0.05, 0) is 31.8 Å². The van der Waals surface area contributed by atoms with Gasteiger partial charge < -0.3 is 4.90 Å². The first-order chi connectivity index (χ1) is 8.70. The van der Waals surface area contributed by atoms with E-state index in [9.17, 15) is 4.79 Å². The number of amides is 1. The third-order valence-electron chi connectivity index (χ3n) is 3.52. The summed E-state index contributed by atoms with van der Waals surface area (Å²) in [5.74, 6) is 0.130. The number of carbonyl (C=O) groups excluding carboxylic acids is 1. The van der Waals surface area contributed by atoms with E-state index in [4.69, 9.17) is 0 Å². The summed E-state index contributed by atoms with van der Waals surface area (Å²) in [6.45, 7) is 3.05. The zero-order valence-corrected chi connectivity index (χ0v) is 11.2. The average Bonchev–Trinajstić information content (AvgIpc) is 2.81. The van der Waals surface area contributed by atoms with E-state index in [1.165, 1.54) is 6.42 Å². The molecule has 1 aliphatic rings. The van der Waals surface area contributed by atoms with E-state index < -0.39 is 0 Å². The van der Waals surface area contributed by atoms with Crippen molar-refractivity contribution in [3.63, 3.8) is 0 Å². The van der Waals surface area contributed by atoms with Gasteiger partial charge in [0.2, 0.25) is 5.91 Å². The lowest BCUT2D eigenvalue weighted by Gasteiger charge is -2.34. The molecule has 1 fully saturated rings. The first kappa shape index (κ1) is 12.9. The fraction of sp³-hybridized carbons (Fsp3) is 0.571. The summed E-state index contributed by atoms with van der Waals surface area (Å²) in [7, 11) is 1.87. The summed E-state index contributed by atoms with van der Waals surface area (Å²) in [6.07, 6.45) is 11.7. The third-order valence-corrected chi connectivity index (χ3v) is 3.52. The predicted octanol–water partition coefficient (Wildman–Crippen LogP) is 2.22. The Bertz CT molecular complexity index is 436. The van der Waals surface area contributed by atoms with Crippen molar-refractivity contribution < 1.29 is 4.79 Å². The fourth-order valence-electron chi connectivity index (χ4n) is 2.50. The number of nitrogens with zero attached hydrogens (tertiary/aromatic N) is 3. The Hall–Kier alpha value is -1.58. The van der Waals surface area contributed by atoms with Gasteiger partial charge >= 0.3 is 0 Å². The minimum absolute atomic E-state index is 0.130. The highest BCUT2D eigenvalue weighted by Gasteiger charge is 2.23. The van der Waals surface area contributed by atoms with Gasteiger partial charge in [0, 0.05) is 37.5 Å². The minimum Gasteiger partial charge on any atom is -0.336 e. The first-order valence-corrected chi connectivity index (χ1v) is 6.68. The standard InChI is InChI=1S/C14H21N3O/c1-3-13-6-4-5-9-17(13)14(18)8-7-12-10-15-16(2)11-12/h7-8,10-11,13H,3-6,9H2,1-2H3/b8-7+/t13-/m1/s1. The molecule has 0 aliphatic carbocycles. The van der Waals surface area contributed by atoms with Crippen LogP contribution < -0.4 is 0 Å². The van der Waals surface area contributed by atoms with Crippen molar-refractivity contribution in [2.75, 3.05) is 6.54 Å². The van der Waals surface area contributed by atoms with Crippen molar-refractivity contribution in [1.82, 2.24) is 14.7 Å². The monoisotopic (exact) mass is 247 g/mol. The molecule has 1 saturated heterocycles. The summed E-state index contributed by atoms with van der Waals surface area (Å²) < 4.78 is 1.74. The summed E-state index contributed by atoms with van der Waals surface area (Å²) in [6, 6.07) is 0.421. The van der Waals surface area contributed by atoms with E-state index in [1.54, 1.807) is 17.0 Å². The number of carbonyl (C=O) groups is 1. The Labute approximate surface area is 108 Å². The molecule has 0 radical (unpaired) electrons. The van der Waals surface area contributed by atoms with Gasteiger partial charge in [-0.15, -0.1) is 0 Å². The van der Waals surface area contributed by atoms with Crippen LogP contribution >= 0.6 is 0 Å². The largest absolute Gasteiger partial charge is 0.336 e. The molecule has 4 heteroatoms. The second-order valence-corrected chi connectivity index (χ2v) is 4.87. The molecule has 1 atom stereocenters. The number of hydrogen-bond acceptors (Lipinski definition) is 2. The van der Waals surface area contributed by atoms with Crippen LogP contribution in [0.2, 0.25) is 0 Å². The molecule has 18 heavy (non-hydrogen) atoms. The molecule has 0 N–H and O–H groups in total. The normalized spacial score (nSPS) is 20.6. The predicted molar refractivity (Wildman–Crippen MR) is 71.9 cm³/mol. The van der Waals surface area contributed by atoms with Crippen molar-refractivity contribution in [3.8, 4) is 0 Å². The van der Waals surface area contributed by atoms with Gasteiger partial charge in [-0.3, -0.25) is 9.48 Å². The van der Waals surface area contributed by atoms with E-state index in [1.807, 2.05) is 24.2 Å². The Kier molecular flexibility index (Phi) is 4.18. The molecule has 1 aliphatic heterocycles. The van der Waals surface area contributed by atoms with Gasteiger partial charge in [-0.1, -0.05) is 6.92 Å². The molecule has 1 aromatic rings. The number of hydrogen-bond donors (Lipinski definition) is 0. The van der Waals surface area contributed by atoms with Gasteiger partial charge in [-0.25, -0.2) is 0 Å². The molecule has 0 saturated carbocycles. The van der Waals surface area contributed by atoms with E-state index in [-0.39, 0.29) is 5.91 Å². The lowest BCUT2D eigenvalue weighted by molar-refractivity contribution is -0.129. The topological polar surface area (TPSA) is 38.1 Å². The lowest BCUT2D eigenvalue weighted by atomic mass is 10.00. The summed E-state index contributed by atoms with van der Waals surface area (Å²) >= 11 is 0. The molecule has 2 heterocycles. The van der Waals surface area contributed by atoms with Crippen LogP contribution in [0.15, 0.2) is 18.5 Å². The fourth-order valence-corrected chi connectivity index (χ4v) is 2.50. The number of rotatable bonds is 3. The highest BCUT2D eigenvalue weighted by molar-refractivity contribution is 5.92.